The minimum atomic E-state index is -3.84. The van der Waals surface area contributed by atoms with Crippen molar-refractivity contribution in [3.8, 4) is 17.6 Å². The average Bonchev–Trinajstić information content (AvgIpc) is 2.62. The quantitative estimate of drug-likeness (QED) is 0.758. The maximum Gasteiger partial charge on any atom is 0.387 e. The lowest BCUT2D eigenvalue weighted by Crippen LogP contribution is -2.26. The Morgan fingerprint density at radius 3 is 2.58 bits per heavy atom. The lowest BCUT2D eigenvalue weighted by atomic mass is 10.1. The van der Waals surface area contributed by atoms with Gasteiger partial charge in [0, 0.05) is 6.54 Å². The second-order valence-corrected chi connectivity index (χ2v) is 6.85. The monoisotopic (exact) mass is 382 g/mol. The van der Waals surface area contributed by atoms with E-state index in [-0.39, 0.29) is 28.5 Å². The van der Waals surface area contributed by atoms with Crippen molar-refractivity contribution in [3.63, 3.8) is 0 Å². The van der Waals surface area contributed by atoms with E-state index in [0.717, 1.165) is 0 Å². The Labute approximate surface area is 150 Å². The number of nitrogens with zero attached hydrogens (tertiary/aromatic N) is 1. The minimum absolute atomic E-state index is 0.0511. The Hall–Kier alpha value is -2.70. The summed E-state index contributed by atoms with van der Waals surface area (Å²) in [5.74, 6) is 0.0234. The molecule has 0 spiro atoms. The first-order valence-corrected chi connectivity index (χ1v) is 8.96. The van der Waals surface area contributed by atoms with E-state index < -0.39 is 16.6 Å². The molecule has 0 saturated carbocycles. The van der Waals surface area contributed by atoms with Crippen LogP contribution in [-0.4, -0.2) is 28.7 Å². The van der Waals surface area contributed by atoms with Gasteiger partial charge in [0.25, 0.3) is 0 Å². The van der Waals surface area contributed by atoms with Crippen LogP contribution in [0.1, 0.15) is 11.1 Å². The number of halogens is 2. The van der Waals surface area contributed by atoms with Gasteiger partial charge in [0.15, 0.2) is 11.5 Å². The highest BCUT2D eigenvalue weighted by atomic mass is 32.2. The van der Waals surface area contributed by atoms with E-state index in [1.165, 1.54) is 43.5 Å². The van der Waals surface area contributed by atoms with Crippen molar-refractivity contribution in [1.82, 2.24) is 4.72 Å². The number of hydrogen-bond donors (Lipinski definition) is 1. The highest BCUT2D eigenvalue weighted by molar-refractivity contribution is 7.89. The minimum Gasteiger partial charge on any atom is -0.493 e. The Morgan fingerprint density at radius 2 is 1.92 bits per heavy atom. The van der Waals surface area contributed by atoms with Crippen LogP contribution in [0.25, 0.3) is 0 Å². The van der Waals surface area contributed by atoms with Gasteiger partial charge in [0.05, 0.1) is 17.6 Å². The number of sulfonamides is 1. The normalized spacial score (nSPS) is 11.2. The molecule has 0 aliphatic heterocycles. The van der Waals surface area contributed by atoms with Crippen molar-refractivity contribution in [2.24, 2.45) is 0 Å². The zero-order valence-corrected chi connectivity index (χ0v) is 14.6. The Kier molecular flexibility index (Phi) is 6.49. The molecular formula is C17H16F2N2O4S. The average molecular weight is 382 g/mol. The zero-order valence-electron chi connectivity index (χ0n) is 13.8. The maximum atomic E-state index is 12.3. The lowest BCUT2D eigenvalue weighted by Gasteiger charge is -2.12. The zero-order chi connectivity index (χ0) is 19.2. The van der Waals surface area contributed by atoms with E-state index in [4.69, 9.17) is 10.00 Å². The van der Waals surface area contributed by atoms with Gasteiger partial charge >= 0.3 is 6.61 Å². The van der Waals surface area contributed by atoms with E-state index >= 15 is 0 Å². The summed E-state index contributed by atoms with van der Waals surface area (Å²) in [6.07, 6.45) is 0.291. The summed E-state index contributed by atoms with van der Waals surface area (Å²) >= 11 is 0. The van der Waals surface area contributed by atoms with Crippen LogP contribution >= 0.6 is 0 Å². The number of nitriles is 1. The number of benzene rings is 2. The first kappa shape index (κ1) is 19.6. The molecule has 2 rings (SSSR count). The topological polar surface area (TPSA) is 88.4 Å². The Balaban J connectivity index is 2.06. The van der Waals surface area contributed by atoms with Crippen LogP contribution < -0.4 is 14.2 Å². The van der Waals surface area contributed by atoms with E-state index in [2.05, 4.69) is 9.46 Å². The van der Waals surface area contributed by atoms with E-state index in [9.17, 15) is 17.2 Å². The van der Waals surface area contributed by atoms with Crippen LogP contribution in [-0.2, 0) is 16.4 Å². The number of alkyl halides is 2. The number of nitrogens with one attached hydrogen (secondary N) is 1. The summed E-state index contributed by atoms with van der Waals surface area (Å²) < 4.78 is 61.0. The number of hydrogen-bond acceptors (Lipinski definition) is 5. The van der Waals surface area contributed by atoms with E-state index in [1.807, 2.05) is 6.07 Å². The smallest absolute Gasteiger partial charge is 0.387 e. The Bertz CT molecular complexity index is 911. The third-order valence-corrected chi connectivity index (χ3v) is 4.97. The van der Waals surface area contributed by atoms with Gasteiger partial charge in [0.2, 0.25) is 10.0 Å². The lowest BCUT2D eigenvalue weighted by molar-refractivity contribution is -0.0512. The third-order valence-electron chi connectivity index (χ3n) is 3.45. The van der Waals surface area contributed by atoms with Gasteiger partial charge < -0.3 is 9.47 Å². The predicted octanol–water partition coefficient (Wildman–Crippen LogP) is 2.69. The third kappa shape index (κ3) is 4.91. The molecule has 0 bridgehead atoms. The van der Waals surface area contributed by atoms with Gasteiger partial charge in [-0.25, -0.2) is 13.1 Å². The van der Waals surface area contributed by atoms with Gasteiger partial charge in [-0.1, -0.05) is 18.2 Å². The van der Waals surface area contributed by atoms with E-state index in [0.29, 0.717) is 12.0 Å². The van der Waals surface area contributed by atoms with E-state index in [1.54, 1.807) is 6.07 Å². The van der Waals surface area contributed by atoms with Gasteiger partial charge in [-0.2, -0.15) is 14.0 Å². The molecule has 0 fully saturated rings. The fourth-order valence-corrected chi connectivity index (χ4v) is 3.45. The van der Waals surface area contributed by atoms with Crippen molar-refractivity contribution >= 4 is 10.0 Å². The summed E-state index contributed by atoms with van der Waals surface area (Å²) in [5.41, 5.74) is 0.718. The first-order chi connectivity index (χ1) is 12.4. The fraction of sp³-hybridized carbons (Fsp3) is 0.235. The number of methoxy groups -OCH3 is 1. The summed E-state index contributed by atoms with van der Waals surface area (Å²) in [6, 6.07) is 12.1. The van der Waals surface area contributed by atoms with Crippen molar-refractivity contribution in [1.29, 1.82) is 5.26 Å². The summed E-state index contributed by atoms with van der Waals surface area (Å²) in [6.45, 7) is -2.91. The second-order valence-electron chi connectivity index (χ2n) is 5.12. The number of rotatable bonds is 8. The molecule has 0 aromatic heterocycles. The van der Waals surface area contributed by atoms with Crippen LogP contribution in [0.3, 0.4) is 0 Å². The molecule has 138 valence electrons. The highest BCUT2D eigenvalue weighted by Crippen LogP contribution is 2.29. The molecule has 0 radical (unpaired) electrons. The molecule has 0 atom stereocenters. The molecule has 0 aliphatic carbocycles. The van der Waals surface area contributed by atoms with Crippen molar-refractivity contribution in [2.45, 2.75) is 17.9 Å². The molecule has 2 aromatic carbocycles. The molecule has 0 unspecified atom stereocenters. The Morgan fingerprint density at radius 1 is 1.19 bits per heavy atom. The van der Waals surface area contributed by atoms with Gasteiger partial charge in [0.1, 0.15) is 6.07 Å². The largest absolute Gasteiger partial charge is 0.493 e. The van der Waals surface area contributed by atoms with Gasteiger partial charge in [-0.3, -0.25) is 0 Å². The molecule has 0 aliphatic rings. The fourth-order valence-electron chi connectivity index (χ4n) is 2.26. The molecule has 6 nitrogen and oxygen atoms in total. The number of ether oxygens (including phenoxy) is 2. The molecule has 1 N–H and O–H groups in total. The van der Waals surface area contributed by atoms with Crippen molar-refractivity contribution in [3.05, 3.63) is 53.6 Å². The van der Waals surface area contributed by atoms with Crippen LogP contribution in [0, 0.1) is 11.3 Å². The molecule has 9 heteroatoms. The molecular weight excluding hydrogens is 366 g/mol. The SMILES string of the molecule is COc1cc(CCNS(=O)(=O)c2ccccc2C#N)ccc1OC(F)F. The molecule has 0 amide bonds. The molecule has 0 saturated heterocycles. The standard InChI is InChI=1S/C17H16F2N2O4S/c1-24-15-10-12(6-7-14(15)25-17(18)19)8-9-21-26(22,23)16-5-3-2-4-13(16)11-20/h2-7,10,17,21H,8-9H2,1H3. The predicted molar refractivity (Wildman–Crippen MR) is 89.7 cm³/mol. The summed E-state index contributed by atoms with van der Waals surface area (Å²) in [7, 11) is -2.52. The van der Waals surface area contributed by atoms with Crippen LogP contribution in [0.2, 0.25) is 0 Å². The second kappa shape index (κ2) is 8.60. The van der Waals surface area contributed by atoms with Crippen LogP contribution in [0.15, 0.2) is 47.4 Å². The maximum absolute atomic E-state index is 12.3. The van der Waals surface area contributed by atoms with Crippen molar-refractivity contribution in [2.75, 3.05) is 13.7 Å². The first-order valence-electron chi connectivity index (χ1n) is 7.48. The van der Waals surface area contributed by atoms with Crippen LogP contribution in [0.4, 0.5) is 8.78 Å². The van der Waals surface area contributed by atoms with Gasteiger partial charge in [-0.05, 0) is 36.2 Å². The molecule has 26 heavy (non-hydrogen) atoms. The summed E-state index contributed by atoms with van der Waals surface area (Å²) in [4.78, 5) is -0.0965. The van der Waals surface area contributed by atoms with Crippen molar-refractivity contribution < 1.29 is 26.7 Å². The molecule has 2 aromatic rings. The summed E-state index contributed by atoms with van der Waals surface area (Å²) in [5, 5.41) is 9.01. The highest BCUT2D eigenvalue weighted by Gasteiger charge is 2.17. The van der Waals surface area contributed by atoms with Crippen LogP contribution in [0.5, 0.6) is 11.5 Å². The molecule has 0 heterocycles. The van der Waals surface area contributed by atoms with Gasteiger partial charge in [-0.15, -0.1) is 0 Å².